The molecule has 0 spiro atoms. The number of nitrogens with zero attached hydrogens (tertiary/aromatic N) is 2. The van der Waals surface area contributed by atoms with Crippen molar-refractivity contribution in [2.45, 2.75) is 77.2 Å². The Morgan fingerprint density at radius 2 is 1.61 bits per heavy atom. The third kappa shape index (κ3) is 5.97. The van der Waals surface area contributed by atoms with Gasteiger partial charge in [-0.3, -0.25) is 4.90 Å². The maximum atomic E-state index is 6.11. The van der Waals surface area contributed by atoms with Gasteiger partial charge >= 0.3 is 0 Å². The zero-order valence-electron chi connectivity index (χ0n) is 17.8. The first kappa shape index (κ1) is 20.2. The van der Waals surface area contributed by atoms with Crippen molar-refractivity contribution in [1.29, 1.82) is 0 Å². The molecule has 0 unspecified atom stereocenters. The number of hydrogen-bond acceptors (Lipinski definition) is 3. The summed E-state index contributed by atoms with van der Waals surface area (Å²) >= 11 is 0. The lowest BCUT2D eigenvalue weighted by molar-refractivity contribution is 0.196. The third-order valence-electron chi connectivity index (χ3n) is 7.07. The predicted molar refractivity (Wildman–Crippen MR) is 117 cm³/mol. The van der Waals surface area contributed by atoms with Crippen molar-refractivity contribution in [3.8, 4) is 5.75 Å². The second-order valence-electron chi connectivity index (χ2n) is 9.38. The van der Waals surface area contributed by atoms with Crippen molar-refractivity contribution < 1.29 is 4.74 Å². The summed E-state index contributed by atoms with van der Waals surface area (Å²) < 4.78 is 6.11. The molecule has 0 amide bonds. The highest BCUT2D eigenvalue weighted by Crippen LogP contribution is 2.28. The summed E-state index contributed by atoms with van der Waals surface area (Å²) in [5.41, 5.74) is 3.06. The summed E-state index contributed by atoms with van der Waals surface area (Å²) in [4.78, 5) is 5.33. The van der Waals surface area contributed by atoms with Crippen LogP contribution in [-0.4, -0.2) is 49.1 Å². The van der Waals surface area contributed by atoms with Gasteiger partial charge in [-0.2, -0.15) is 0 Å². The van der Waals surface area contributed by atoms with Crippen LogP contribution in [0.4, 0.5) is 0 Å². The number of benzene rings is 1. The second kappa shape index (κ2) is 10.6. The molecule has 4 rings (SSSR count). The van der Waals surface area contributed by atoms with Gasteiger partial charge in [-0.25, -0.2) is 0 Å². The average Bonchev–Trinajstić information content (AvgIpc) is 2.94. The van der Waals surface area contributed by atoms with Crippen molar-refractivity contribution in [2.24, 2.45) is 5.92 Å². The average molecular weight is 385 g/mol. The van der Waals surface area contributed by atoms with Gasteiger partial charge in [-0.1, -0.05) is 31.7 Å². The van der Waals surface area contributed by atoms with E-state index in [2.05, 4.69) is 28.0 Å². The number of likely N-dealkylation sites (tertiary alicyclic amines) is 1. The zero-order valence-corrected chi connectivity index (χ0v) is 17.8. The van der Waals surface area contributed by atoms with Gasteiger partial charge in [0.2, 0.25) is 0 Å². The molecule has 2 fully saturated rings. The van der Waals surface area contributed by atoms with Gasteiger partial charge in [0.05, 0.1) is 6.61 Å². The molecule has 0 aromatic heterocycles. The maximum absolute atomic E-state index is 6.11. The van der Waals surface area contributed by atoms with Gasteiger partial charge in [-0.15, -0.1) is 0 Å². The zero-order chi connectivity index (χ0) is 19.0. The van der Waals surface area contributed by atoms with Gasteiger partial charge in [0, 0.05) is 19.6 Å². The maximum Gasteiger partial charge on any atom is 0.119 e. The molecule has 156 valence electrons. The molecular formula is C25H40N2O. The Morgan fingerprint density at radius 3 is 2.46 bits per heavy atom. The van der Waals surface area contributed by atoms with Crippen molar-refractivity contribution in [3.63, 3.8) is 0 Å². The molecule has 3 aliphatic rings. The number of piperidine rings is 1. The van der Waals surface area contributed by atoms with Gasteiger partial charge in [0.1, 0.15) is 5.75 Å². The Kier molecular flexibility index (Phi) is 7.69. The normalized spacial score (nSPS) is 22.6. The lowest BCUT2D eigenvalue weighted by Crippen LogP contribution is -2.31. The Balaban J connectivity index is 1.24. The van der Waals surface area contributed by atoms with E-state index in [9.17, 15) is 0 Å². The van der Waals surface area contributed by atoms with Gasteiger partial charge in [0.25, 0.3) is 0 Å². The number of fused-ring (bicyclic) bond motifs is 1. The molecule has 1 saturated carbocycles. The van der Waals surface area contributed by atoms with E-state index in [1.54, 1.807) is 0 Å². The molecule has 2 heterocycles. The van der Waals surface area contributed by atoms with E-state index in [0.29, 0.717) is 0 Å². The molecule has 0 atom stereocenters. The first-order chi connectivity index (χ1) is 13.9. The van der Waals surface area contributed by atoms with Crippen LogP contribution in [0, 0.1) is 5.92 Å². The van der Waals surface area contributed by atoms with Crippen LogP contribution in [0.2, 0.25) is 0 Å². The van der Waals surface area contributed by atoms with E-state index in [1.807, 2.05) is 0 Å². The van der Waals surface area contributed by atoms with Crippen LogP contribution in [0.15, 0.2) is 18.2 Å². The summed E-state index contributed by atoms with van der Waals surface area (Å²) in [6, 6.07) is 6.89. The van der Waals surface area contributed by atoms with E-state index in [4.69, 9.17) is 4.74 Å². The molecule has 2 aliphatic heterocycles. The first-order valence-corrected chi connectivity index (χ1v) is 12.1. The lowest BCUT2D eigenvalue weighted by Gasteiger charge is -2.29. The second-order valence-corrected chi connectivity index (χ2v) is 9.38. The van der Waals surface area contributed by atoms with Crippen LogP contribution >= 0.6 is 0 Å². The number of rotatable bonds is 7. The van der Waals surface area contributed by atoms with Crippen LogP contribution < -0.4 is 4.74 Å². The molecule has 1 aromatic carbocycles. The van der Waals surface area contributed by atoms with E-state index < -0.39 is 0 Å². The summed E-state index contributed by atoms with van der Waals surface area (Å²) in [6.45, 7) is 8.34. The molecule has 1 saturated heterocycles. The van der Waals surface area contributed by atoms with Crippen LogP contribution in [0.1, 0.15) is 75.3 Å². The minimum Gasteiger partial charge on any atom is -0.494 e. The smallest absolute Gasteiger partial charge is 0.119 e. The summed E-state index contributed by atoms with van der Waals surface area (Å²) in [5, 5.41) is 0. The molecule has 1 aromatic rings. The topological polar surface area (TPSA) is 15.7 Å². The SMILES string of the molecule is c1cc2c(cc1OCCCN1CCCCC1)CCCN(CC1CCCCC1)C2. The van der Waals surface area contributed by atoms with Crippen molar-refractivity contribution in [1.82, 2.24) is 9.80 Å². The van der Waals surface area contributed by atoms with Crippen LogP contribution in [0.3, 0.4) is 0 Å². The fourth-order valence-corrected chi connectivity index (χ4v) is 5.44. The quantitative estimate of drug-likeness (QED) is 0.596. The fourth-order valence-electron chi connectivity index (χ4n) is 5.44. The van der Waals surface area contributed by atoms with E-state index in [1.165, 1.54) is 108 Å². The molecule has 0 radical (unpaired) electrons. The minimum atomic E-state index is 0.850. The van der Waals surface area contributed by atoms with Crippen LogP contribution in [0.5, 0.6) is 5.75 Å². The van der Waals surface area contributed by atoms with E-state index >= 15 is 0 Å². The largest absolute Gasteiger partial charge is 0.494 e. The third-order valence-corrected chi connectivity index (χ3v) is 7.07. The van der Waals surface area contributed by atoms with Crippen molar-refractivity contribution in [3.05, 3.63) is 29.3 Å². The van der Waals surface area contributed by atoms with Crippen LogP contribution in [0.25, 0.3) is 0 Å². The monoisotopic (exact) mass is 384 g/mol. The Hall–Kier alpha value is -1.06. The highest BCUT2D eigenvalue weighted by molar-refractivity contribution is 5.36. The van der Waals surface area contributed by atoms with E-state index in [0.717, 1.165) is 31.2 Å². The lowest BCUT2D eigenvalue weighted by atomic mass is 9.89. The van der Waals surface area contributed by atoms with Crippen molar-refractivity contribution in [2.75, 3.05) is 39.3 Å². The molecule has 28 heavy (non-hydrogen) atoms. The first-order valence-electron chi connectivity index (χ1n) is 12.1. The molecule has 0 bridgehead atoms. The molecule has 3 heteroatoms. The Bertz CT molecular complexity index is 590. The predicted octanol–water partition coefficient (Wildman–Crippen LogP) is 5.27. The van der Waals surface area contributed by atoms with E-state index in [-0.39, 0.29) is 0 Å². The highest BCUT2D eigenvalue weighted by atomic mass is 16.5. The van der Waals surface area contributed by atoms with Gasteiger partial charge < -0.3 is 9.64 Å². The Morgan fingerprint density at radius 1 is 0.821 bits per heavy atom. The number of hydrogen-bond donors (Lipinski definition) is 0. The highest BCUT2D eigenvalue weighted by Gasteiger charge is 2.20. The van der Waals surface area contributed by atoms with Crippen molar-refractivity contribution >= 4 is 0 Å². The fraction of sp³-hybridized carbons (Fsp3) is 0.760. The molecular weight excluding hydrogens is 344 g/mol. The molecule has 0 N–H and O–H groups in total. The minimum absolute atomic E-state index is 0.850. The molecule has 1 aliphatic carbocycles. The number of ether oxygens (including phenoxy) is 1. The molecule has 3 nitrogen and oxygen atoms in total. The summed E-state index contributed by atoms with van der Waals surface area (Å²) in [6.07, 6.45) is 15.1. The Labute approximate surface area is 172 Å². The summed E-state index contributed by atoms with van der Waals surface area (Å²) in [7, 11) is 0. The summed E-state index contributed by atoms with van der Waals surface area (Å²) in [5.74, 6) is 2.02. The number of aryl methyl sites for hydroxylation is 1. The van der Waals surface area contributed by atoms with Gasteiger partial charge in [0.15, 0.2) is 0 Å². The van der Waals surface area contributed by atoms with Crippen LogP contribution in [-0.2, 0) is 13.0 Å². The van der Waals surface area contributed by atoms with Gasteiger partial charge in [-0.05, 0) is 93.8 Å². The standard InChI is InChI=1S/C25H40N2O/c1-3-9-22(10-4-1)20-27-16-7-11-23-19-25(13-12-24(23)21-27)28-18-8-17-26-14-5-2-6-15-26/h12-13,19,22H,1-11,14-18,20-21H2.